The highest BCUT2D eigenvalue weighted by Gasteiger charge is 2.40. The molecule has 0 spiro atoms. The number of imidazole rings is 1. The van der Waals surface area contributed by atoms with Gasteiger partial charge in [-0.3, -0.25) is 24.0 Å². The first-order valence-electron chi connectivity index (χ1n) is 9.93. The van der Waals surface area contributed by atoms with Gasteiger partial charge in [0.15, 0.2) is 11.6 Å². The SMILES string of the molecule is O=C(CC1C(=O)N(Cc2cccnc2)c2nc3ccccc3n21)Nc1ccc(F)c(F)c1. The number of pyridine rings is 1. The van der Waals surface area contributed by atoms with Crippen molar-refractivity contribution in [1.82, 2.24) is 14.5 Å². The monoisotopic (exact) mass is 433 g/mol. The van der Waals surface area contributed by atoms with Gasteiger partial charge in [0, 0.05) is 24.1 Å². The Morgan fingerprint density at radius 1 is 1.06 bits per heavy atom. The Labute approximate surface area is 181 Å². The maximum absolute atomic E-state index is 13.5. The number of carbonyl (C=O) groups excluding carboxylic acids is 2. The fraction of sp³-hybridized carbons (Fsp3) is 0.130. The van der Waals surface area contributed by atoms with Gasteiger partial charge in [-0.15, -0.1) is 0 Å². The number of halogens is 2. The number of nitrogens with zero attached hydrogens (tertiary/aromatic N) is 4. The van der Waals surface area contributed by atoms with Crippen LogP contribution in [0.15, 0.2) is 67.0 Å². The molecule has 2 aromatic carbocycles. The van der Waals surface area contributed by atoms with Crippen LogP contribution in [0.1, 0.15) is 18.0 Å². The van der Waals surface area contributed by atoms with Crippen LogP contribution in [0.25, 0.3) is 11.0 Å². The van der Waals surface area contributed by atoms with Crippen LogP contribution in [0.5, 0.6) is 0 Å². The minimum absolute atomic E-state index is 0.113. The van der Waals surface area contributed by atoms with Gasteiger partial charge in [0.25, 0.3) is 5.91 Å². The molecule has 0 saturated heterocycles. The predicted octanol–water partition coefficient (Wildman–Crippen LogP) is 3.83. The third-order valence-electron chi connectivity index (χ3n) is 5.33. The normalized spacial score (nSPS) is 15.2. The third kappa shape index (κ3) is 3.47. The van der Waals surface area contributed by atoms with Gasteiger partial charge in [-0.2, -0.15) is 0 Å². The van der Waals surface area contributed by atoms with Crippen molar-refractivity contribution in [3.05, 3.63) is 84.2 Å². The Hall–Kier alpha value is -4.14. The highest BCUT2D eigenvalue weighted by atomic mass is 19.2. The number of para-hydroxylation sites is 2. The molecule has 0 fully saturated rings. The lowest BCUT2D eigenvalue weighted by Crippen LogP contribution is -2.31. The van der Waals surface area contributed by atoms with Gasteiger partial charge in [-0.05, 0) is 35.9 Å². The maximum Gasteiger partial charge on any atom is 0.253 e. The fourth-order valence-corrected chi connectivity index (χ4v) is 3.88. The number of benzene rings is 2. The van der Waals surface area contributed by atoms with Crippen LogP contribution in [0.4, 0.5) is 20.4 Å². The van der Waals surface area contributed by atoms with E-state index in [1.54, 1.807) is 23.0 Å². The maximum atomic E-state index is 13.5. The molecular formula is C23H17F2N5O2. The van der Waals surface area contributed by atoms with Crippen molar-refractivity contribution >= 4 is 34.5 Å². The molecule has 2 aromatic heterocycles. The summed E-state index contributed by atoms with van der Waals surface area (Å²) in [5.41, 5.74) is 2.38. The molecule has 7 nitrogen and oxygen atoms in total. The number of anilines is 2. The summed E-state index contributed by atoms with van der Waals surface area (Å²) in [6, 6.07) is 13.3. The quantitative estimate of drug-likeness (QED) is 0.519. The molecule has 5 rings (SSSR count). The van der Waals surface area contributed by atoms with Crippen LogP contribution in [0, 0.1) is 11.6 Å². The summed E-state index contributed by atoms with van der Waals surface area (Å²) in [4.78, 5) is 36.2. The van der Waals surface area contributed by atoms with Gasteiger partial charge in [0.1, 0.15) is 6.04 Å². The van der Waals surface area contributed by atoms with Crippen LogP contribution in [-0.2, 0) is 16.1 Å². The summed E-state index contributed by atoms with van der Waals surface area (Å²) in [5.74, 6) is -2.39. The van der Waals surface area contributed by atoms with Crippen molar-refractivity contribution in [3.8, 4) is 0 Å². The molecule has 1 aliphatic heterocycles. The molecular weight excluding hydrogens is 416 g/mol. The Morgan fingerprint density at radius 3 is 2.69 bits per heavy atom. The lowest BCUT2D eigenvalue weighted by atomic mass is 10.1. The minimum atomic E-state index is -1.06. The third-order valence-corrected chi connectivity index (χ3v) is 5.33. The molecule has 4 aromatic rings. The van der Waals surface area contributed by atoms with Crippen molar-refractivity contribution in [3.63, 3.8) is 0 Å². The second kappa shape index (κ2) is 7.84. The molecule has 9 heteroatoms. The van der Waals surface area contributed by atoms with E-state index in [2.05, 4.69) is 15.3 Å². The van der Waals surface area contributed by atoms with Gasteiger partial charge in [-0.25, -0.2) is 13.8 Å². The largest absolute Gasteiger partial charge is 0.326 e. The Kier molecular flexibility index (Phi) is 4.85. The average molecular weight is 433 g/mol. The molecule has 1 N–H and O–H groups in total. The van der Waals surface area contributed by atoms with E-state index in [1.807, 2.05) is 30.3 Å². The molecule has 32 heavy (non-hydrogen) atoms. The minimum Gasteiger partial charge on any atom is -0.326 e. The summed E-state index contributed by atoms with van der Waals surface area (Å²) >= 11 is 0. The van der Waals surface area contributed by atoms with Gasteiger partial charge < -0.3 is 5.32 Å². The van der Waals surface area contributed by atoms with Crippen LogP contribution < -0.4 is 10.2 Å². The number of amides is 2. The average Bonchev–Trinajstić information content (AvgIpc) is 3.28. The highest BCUT2D eigenvalue weighted by molar-refractivity contribution is 6.05. The molecule has 1 aliphatic rings. The lowest BCUT2D eigenvalue weighted by molar-refractivity contribution is -0.124. The van der Waals surface area contributed by atoms with Crippen LogP contribution in [-0.4, -0.2) is 26.3 Å². The van der Waals surface area contributed by atoms with Crippen LogP contribution in [0.2, 0.25) is 0 Å². The smallest absolute Gasteiger partial charge is 0.253 e. The molecule has 1 atom stereocenters. The van der Waals surface area contributed by atoms with E-state index in [9.17, 15) is 18.4 Å². The van der Waals surface area contributed by atoms with E-state index >= 15 is 0 Å². The number of aromatic nitrogens is 3. The van der Waals surface area contributed by atoms with Crippen molar-refractivity contribution in [2.75, 3.05) is 10.2 Å². The molecule has 0 radical (unpaired) electrons. The van der Waals surface area contributed by atoms with Crippen LogP contribution in [0.3, 0.4) is 0 Å². The Morgan fingerprint density at radius 2 is 1.91 bits per heavy atom. The first kappa shape index (κ1) is 19.8. The van der Waals surface area contributed by atoms with Crippen molar-refractivity contribution in [1.29, 1.82) is 0 Å². The molecule has 0 saturated carbocycles. The van der Waals surface area contributed by atoms with Gasteiger partial charge in [0.05, 0.1) is 24.0 Å². The molecule has 0 aliphatic carbocycles. The van der Waals surface area contributed by atoms with Gasteiger partial charge >= 0.3 is 0 Å². The zero-order valence-electron chi connectivity index (χ0n) is 16.7. The number of fused-ring (bicyclic) bond motifs is 3. The Balaban J connectivity index is 1.46. The predicted molar refractivity (Wildman–Crippen MR) is 114 cm³/mol. The highest BCUT2D eigenvalue weighted by Crippen LogP contribution is 2.37. The first-order chi connectivity index (χ1) is 15.5. The number of nitrogens with one attached hydrogen (secondary N) is 1. The zero-order valence-corrected chi connectivity index (χ0v) is 16.7. The van der Waals surface area contributed by atoms with Crippen molar-refractivity contribution in [2.45, 2.75) is 19.0 Å². The van der Waals surface area contributed by atoms with Crippen molar-refractivity contribution in [2.24, 2.45) is 0 Å². The number of rotatable bonds is 5. The zero-order chi connectivity index (χ0) is 22.2. The number of carbonyl (C=O) groups is 2. The summed E-state index contributed by atoms with van der Waals surface area (Å²) in [6.07, 6.45) is 3.13. The lowest BCUT2D eigenvalue weighted by Gasteiger charge is -2.16. The molecule has 3 heterocycles. The summed E-state index contributed by atoms with van der Waals surface area (Å²) in [7, 11) is 0. The molecule has 2 amide bonds. The fourth-order valence-electron chi connectivity index (χ4n) is 3.88. The van der Waals surface area contributed by atoms with Gasteiger partial charge in [0.2, 0.25) is 11.9 Å². The van der Waals surface area contributed by atoms with E-state index in [-0.39, 0.29) is 24.6 Å². The summed E-state index contributed by atoms with van der Waals surface area (Å²) in [5, 5.41) is 2.53. The molecule has 0 bridgehead atoms. The van der Waals surface area contributed by atoms with E-state index in [0.717, 1.165) is 23.2 Å². The second-order valence-electron chi connectivity index (χ2n) is 7.45. The van der Waals surface area contributed by atoms with E-state index < -0.39 is 23.6 Å². The number of hydrogen-bond donors (Lipinski definition) is 1. The summed E-state index contributed by atoms with van der Waals surface area (Å²) < 4.78 is 28.4. The first-order valence-corrected chi connectivity index (χ1v) is 9.93. The second-order valence-corrected chi connectivity index (χ2v) is 7.45. The summed E-state index contributed by atoms with van der Waals surface area (Å²) in [6.45, 7) is 0.261. The molecule has 160 valence electrons. The van der Waals surface area contributed by atoms with E-state index in [0.29, 0.717) is 11.5 Å². The topological polar surface area (TPSA) is 80.1 Å². The standard InChI is InChI=1S/C23H17F2N5O2/c24-16-8-7-15(10-17(16)25)27-21(31)11-20-22(32)29(13-14-4-3-9-26-12-14)23-28-18-5-1-2-6-19(18)30(20)23/h1-10,12,20H,11,13H2,(H,27,31). The Bertz CT molecular complexity index is 1340. The van der Waals surface area contributed by atoms with Crippen molar-refractivity contribution < 1.29 is 18.4 Å². The van der Waals surface area contributed by atoms with E-state index in [1.165, 1.54) is 11.0 Å². The van der Waals surface area contributed by atoms with Crippen LogP contribution >= 0.6 is 0 Å². The van der Waals surface area contributed by atoms with E-state index in [4.69, 9.17) is 0 Å². The number of hydrogen-bond acceptors (Lipinski definition) is 4. The van der Waals surface area contributed by atoms with Gasteiger partial charge in [-0.1, -0.05) is 18.2 Å². The molecule has 1 unspecified atom stereocenters.